The van der Waals surface area contributed by atoms with E-state index < -0.39 is 0 Å². The molecule has 1 saturated carbocycles. The monoisotopic (exact) mass is 191 g/mol. The molecule has 0 saturated heterocycles. The summed E-state index contributed by atoms with van der Waals surface area (Å²) in [6.45, 7) is 0.0219. The maximum Gasteiger partial charge on any atom is 0.0624 e. The molecule has 0 spiro atoms. The molecule has 2 nitrogen and oxygen atoms in total. The molecule has 3 N–H and O–H groups in total. The van der Waals surface area contributed by atoms with E-state index in [2.05, 4.69) is 12.1 Å². The minimum absolute atomic E-state index is 0.0219. The molecule has 0 heterocycles. The number of benzene rings is 1. The van der Waals surface area contributed by atoms with Crippen molar-refractivity contribution in [2.24, 2.45) is 5.73 Å². The van der Waals surface area contributed by atoms with E-state index in [1.165, 1.54) is 24.8 Å². The smallest absolute Gasteiger partial charge is 0.0624 e. The molecule has 1 aliphatic carbocycles. The molecule has 76 valence electrons. The van der Waals surface area contributed by atoms with Crippen LogP contribution in [-0.4, -0.2) is 11.7 Å². The van der Waals surface area contributed by atoms with Crippen molar-refractivity contribution in [3.8, 4) is 0 Å². The van der Waals surface area contributed by atoms with Crippen LogP contribution in [0.5, 0.6) is 0 Å². The van der Waals surface area contributed by atoms with Gasteiger partial charge in [0.05, 0.1) is 12.6 Å². The van der Waals surface area contributed by atoms with Crippen LogP contribution in [0.4, 0.5) is 0 Å². The second-order valence-electron chi connectivity index (χ2n) is 4.09. The van der Waals surface area contributed by atoms with E-state index in [1.807, 2.05) is 12.1 Å². The van der Waals surface area contributed by atoms with Gasteiger partial charge in [-0.1, -0.05) is 30.7 Å². The zero-order valence-electron chi connectivity index (χ0n) is 8.32. The average molecular weight is 191 g/mol. The van der Waals surface area contributed by atoms with Crippen LogP contribution in [0, 0.1) is 0 Å². The Bertz CT molecular complexity index is 287. The Kier molecular flexibility index (Phi) is 2.85. The van der Waals surface area contributed by atoms with Gasteiger partial charge < -0.3 is 10.8 Å². The van der Waals surface area contributed by atoms with Gasteiger partial charge in [0.15, 0.2) is 0 Å². The fourth-order valence-corrected chi connectivity index (χ4v) is 1.89. The molecule has 1 aliphatic rings. The molecular weight excluding hydrogens is 174 g/mol. The van der Waals surface area contributed by atoms with E-state index in [-0.39, 0.29) is 12.6 Å². The first kappa shape index (κ1) is 9.69. The van der Waals surface area contributed by atoms with Crippen LogP contribution in [0.3, 0.4) is 0 Å². The first-order chi connectivity index (χ1) is 6.81. The SMILES string of the molecule is NC(CO)c1cccc(C2CCC2)c1. The Morgan fingerprint density at radius 1 is 1.43 bits per heavy atom. The third-order valence-corrected chi connectivity index (χ3v) is 3.11. The second-order valence-corrected chi connectivity index (χ2v) is 4.09. The Balaban J connectivity index is 2.17. The first-order valence-electron chi connectivity index (χ1n) is 5.27. The molecule has 1 fully saturated rings. The number of hydrogen-bond acceptors (Lipinski definition) is 2. The predicted octanol–water partition coefficient (Wildman–Crippen LogP) is 1.95. The van der Waals surface area contributed by atoms with Gasteiger partial charge in [-0.15, -0.1) is 0 Å². The Labute approximate surface area is 84.7 Å². The molecule has 1 aromatic rings. The fourth-order valence-electron chi connectivity index (χ4n) is 1.89. The fraction of sp³-hybridized carbons (Fsp3) is 0.500. The average Bonchev–Trinajstić information content (AvgIpc) is 2.14. The highest BCUT2D eigenvalue weighted by Gasteiger charge is 2.19. The van der Waals surface area contributed by atoms with Gasteiger partial charge in [0.2, 0.25) is 0 Å². The summed E-state index contributed by atoms with van der Waals surface area (Å²) < 4.78 is 0. The van der Waals surface area contributed by atoms with Crippen LogP contribution in [0.2, 0.25) is 0 Å². The number of aliphatic hydroxyl groups excluding tert-OH is 1. The van der Waals surface area contributed by atoms with Gasteiger partial charge in [-0.2, -0.15) is 0 Å². The van der Waals surface area contributed by atoms with Gasteiger partial charge in [-0.3, -0.25) is 0 Å². The van der Waals surface area contributed by atoms with Crippen LogP contribution in [-0.2, 0) is 0 Å². The van der Waals surface area contributed by atoms with E-state index in [0.29, 0.717) is 0 Å². The third-order valence-electron chi connectivity index (χ3n) is 3.11. The minimum atomic E-state index is -0.227. The van der Waals surface area contributed by atoms with E-state index in [1.54, 1.807) is 0 Å². The first-order valence-corrected chi connectivity index (χ1v) is 5.27. The standard InChI is InChI=1S/C12H17NO/c13-12(8-14)11-6-2-5-10(7-11)9-3-1-4-9/h2,5-7,9,12,14H,1,3-4,8,13H2. The number of aliphatic hydroxyl groups is 1. The van der Waals surface area contributed by atoms with E-state index in [4.69, 9.17) is 10.8 Å². The van der Waals surface area contributed by atoms with Crippen molar-refractivity contribution < 1.29 is 5.11 Å². The summed E-state index contributed by atoms with van der Waals surface area (Å²) in [5.74, 6) is 0.737. The van der Waals surface area contributed by atoms with Crippen molar-refractivity contribution in [1.82, 2.24) is 0 Å². The lowest BCUT2D eigenvalue weighted by atomic mass is 9.79. The molecule has 2 rings (SSSR count). The van der Waals surface area contributed by atoms with E-state index >= 15 is 0 Å². The van der Waals surface area contributed by atoms with Crippen molar-refractivity contribution in [1.29, 1.82) is 0 Å². The highest BCUT2D eigenvalue weighted by Crippen LogP contribution is 2.36. The maximum atomic E-state index is 8.96. The van der Waals surface area contributed by atoms with Gasteiger partial charge in [-0.25, -0.2) is 0 Å². The van der Waals surface area contributed by atoms with Crippen molar-refractivity contribution in [3.63, 3.8) is 0 Å². The minimum Gasteiger partial charge on any atom is -0.394 e. The molecule has 0 aliphatic heterocycles. The summed E-state index contributed by atoms with van der Waals surface area (Å²) in [5.41, 5.74) is 8.21. The van der Waals surface area contributed by atoms with Gasteiger partial charge in [0, 0.05) is 0 Å². The topological polar surface area (TPSA) is 46.2 Å². The van der Waals surface area contributed by atoms with E-state index in [9.17, 15) is 0 Å². The zero-order chi connectivity index (χ0) is 9.97. The molecule has 0 radical (unpaired) electrons. The summed E-state index contributed by atoms with van der Waals surface area (Å²) in [7, 11) is 0. The van der Waals surface area contributed by atoms with Crippen molar-refractivity contribution >= 4 is 0 Å². The molecular formula is C12H17NO. The summed E-state index contributed by atoms with van der Waals surface area (Å²) in [6.07, 6.45) is 3.95. The Morgan fingerprint density at radius 2 is 2.21 bits per heavy atom. The lowest BCUT2D eigenvalue weighted by Gasteiger charge is -2.26. The highest BCUT2D eigenvalue weighted by atomic mass is 16.3. The highest BCUT2D eigenvalue weighted by molar-refractivity contribution is 5.29. The normalized spacial score (nSPS) is 19.0. The number of nitrogens with two attached hydrogens (primary N) is 1. The molecule has 0 amide bonds. The van der Waals surface area contributed by atoms with Crippen LogP contribution in [0.15, 0.2) is 24.3 Å². The number of rotatable bonds is 3. The van der Waals surface area contributed by atoms with Gasteiger partial charge in [-0.05, 0) is 29.9 Å². The summed E-state index contributed by atoms with van der Waals surface area (Å²) in [4.78, 5) is 0. The number of hydrogen-bond donors (Lipinski definition) is 2. The van der Waals surface area contributed by atoms with Crippen LogP contribution in [0.1, 0.15) is 42.3 Å². The predicted molar refractivity (Wildman–Crippen MR) is 57.0 cm³/mol. The molecule has 1 aromatic carbocycles. The molecule has 0 bridgehead atoms. The van der Waals surface area contributed by atoms with Crippen LogP contribution < -0.4 is 5.73 Å². The maximum absolute atomic E-state index is 8.96. The quantitative estimate of drug-likeness (QED) is 0.767. The van der Waals surface area contributed by atoms with Crippen molar-refractivity contribution in [2.45, 2.75) is 31.2 Å². The summed E-state index contributed by atoms with van der Waals surface area (Å²) in [5, 5.41) is 8.96. The molecule has 0 aromatic heterocycles. The lowest BCUT2D eigenvalue weighted by Crippen LogP contribution is -2.15. The Hall–Kier alpha value is -0.860. The van der Waals surface area contributed by atoms with Gasteiger partial charge in [0.1, 0.15) is 0 Å². The van der Waals surface area contributed by atoms with Crippen LogP contribution in [0.25, 0.3) is 0 Å². The second kappa shape index (κ2) is 4.11. The molecule has 1 unspecified atom stereocenters. The van der Waals surface area contributed by atoms with Crippen LogP contribution >= 0.6 is 0 Å². The molecule has 2 heteroatoms. The zero-order valence-corrected chi connectivity index (χ0v) is 8.32. The van der Waals surface area contributed by atoms with Gasteiger partial charge >= 0.3 is 0 Å². The van der Waals surface area contributed by atoms with E-state index in [0.717, 1.165) is 11.5 Å². The molecule has 14 heavy (non-hydrogen) atoms. The van der Waals surface area contributed by atoms with Crippen molar-refractivity contribution in [2.75, 3.05) is 6.61 Å². The largest absolute Gasteiger partial charge is 0.394 e. The molecule has 1 atom stereocenters. The third kappa shape index (κ3) is 1.81. The Morgan fingerprint density at radius 3 is 2.79 bits per heavy atom. The van der Waals surface area contributed by atoms with Gasteiger partial charge in [0.25, 0.3) is 0 Å². The summed E-state index contributed by atoms with van der Waals surface area (Å²) >= 11 is 0. The summed E-state index contributed by atoms with van der Waals surface area (Å²) in [6, 6.07) is 8.11. The lowest BCUT2D eigenvalue weighted by molar-refractivity contribution is 0.268. The van der Waals surface area contributed by atoms with Crippen molar-refractivity contribution in [3.05, 3.63) is 35.4 Å².